The highest BCUT2D eigenvalue weighted by atomic mass is 16.5. The largest absolute Gasteiger partial charge is 0.493 e. The predicted octanol–water partition coefficient (Wildman–Crippen LogP) is 4.12. The van der Waals surface area contributed by atoms with Crippen LogP contribution in [-0.2, 0) is 33.8 Å². The number of esters is 1. The van der Waals surface area contributed by atoms with Crippen LogP contribution < -0.4 is 9.47 Å². The third-order valence-corrected chi connectivity index (χ3v) is 5.51. The SMILES string of the molecule is CCOc1cc2c(cc1COC(=O)/C(C#N)=C/c1cc(C)n(CCOC)c1C)OC(C)C2. The lowest BCUT2D eigenvalue weighted by Crippen LogP contribution is -2.09. The Morgan fingerprint density at radius 2 is 2.12 bits per heavy atom. The van der Waals surface area contributed by atoms with Crippen molar-refractivity contribution < 1.29 is 23.7 Å². The van der Waals surface area contributed by atoms with Gasteiger partial charge in [-0.25, -0.2) is 4.79 Å². The summed E-state index contributed by atoms with van der Waals surface area (Å²) in [7, 11) is 1.66. The van der Waals surface area contributed by atoms with Gasteiger partial charge in [-0.05, 0) is 57.5 Å². The van der Waals surface area contributed by atoms with Gasteiger partial charge < -0.3 is 23.5 Å². The number of hydrogen-bond acceptors (Lipinski definition) is 6. The number of carbonyl (C=O) groups excluding carboxylic acids is 1. The van der Waals surface area contributed by atoms with Crippen LogP contribution in [0.25, 0.3) is 6.08 Å². The fourth-order valence-electron chi connectivity index (χ4n) is 3.90. The maximum absolute atomic E-state index is 12.7. The lowest BCUT2D eigenvalue weighted by molar-refractivity contribution is -0.139. The number of nitrogens with zero attached hydrogens (tertiary/aromatic N) is 2. The summed E-state index contributed by atoms with van der Waals surface area (Å²) < 4.78 is 24.3. The molecule has 0 fully saturated rings. The summed E-state index contributed by atoms with van der Waals surface area (Å²) in [6, 6.07) is 7.72. The second-order valence-electron chi connectivity index (χ2n) is 7.85. The first kappa shape index (κ1) is 23.4. The van der Waals surface area contributed by atoms with Crippen molar-refractivity contribution in [3.05, 3.63) is 51.9 Å². The first-order valence-corrected chi connectivity index (χ1v) is 10.8. The van der Waals surface area contributed by atoms with Crippen LogP contribution in [0, 0.1) is 25.2 Å². The van der Waals surface area contributed by atoms with Crippen molar-refractivity contribution >= 4 is 12.0 Å². The van der Waals surface area contributed by atoms with E-state index in [1.165, 1.54) is 0 Å². The summed E-state index contributed by atoms with van der Waals surface area (Å²) in [5.74, 6) is 0.777. The fraction of sp³-hybridized carbons (Fsp3) is 0.440. The van der Waals surface area contributed by atoms with E-state index in [1.807, 2.05) is 52.0 Å². The van der Waals surface area contributed by atoms with E-state index in [0.29, 0.717) is 31.1 Å². The Hall–Kier alpha value is -3.24. The molecule has 7 heteroatoms. The Kier molecular flexibility index (Phi) is 7.60. The summed E-state index contributed by atoms with van der Waals surface area (Å²) in [5.41, 5.74) is 4.54. The van der Waals surface area contributed by atoms with E-state index in [9.17, 15) is 10.1 Å². The highest BCUT2D eigenvalue weighted by Gasteiger charge is 2.23. The first-order valence-electron chi connectivity index (χ1n) is 10.8. The van der Waals surface area contributed by atoms with Crippen molar-refractivity contribution in [2.45, 2.75) is 53.4 Å². The number of methoxy groups -OCH3 is 1. The van der Waals surface area contributed by atoms with Crippen molar-refractivity contribution in [2.75, 3.05) is 20.3 Å². The average Bonchev–Trinajstić information content (AvgIpc) is 3.25. The molecule has 1 aliphatic heterocycles. The molecule has 2 aromatic rings. The van der Waals surface area contributed by atoms with Gasteiger partial charge >= 0.3 is 5.97 Å². The molecular formula is C25H30N2O5. The van der Waals surface area contributed by atoms with Crippen molar-refractivity contribution in [3.8, 4) is 17.6 Å². The molecule has 0 N–H and O–H groups in total. The van der Waals surface area contributed by atoms with Crippen molar-refractivity contribution in [3.63, 3.8) is 0 Å². The number of fused-ring (bicyclic) bond motifs is 1. The van der Waals surface area contributed by atoms with Crippen LogP contribution in [0.1, 0.15) is 41.9 Å². The number of hydrogen-bond donors (Lipinski definition) is 0. The Labute approximate surface area is 189 Å². The molecule has 0 amide bonds. The molecular weight excluding hydrogens is 408 g/mol. The molecule has 32 heavy (non-hydrogen) atoms. The van der Waals surface area contributed by atoms with E-state index in [2.05, 4.69) is 4.57 Å². The predicted molar refractivity (Wildman–Crippen MR) is 121 cm³/mol. The number of rotatable bonds is 9. The quantitative estimate of drug-likeness (QED) is 0.333. The highest BCUT2D eigenvalue weighted by Crippen LogP contribution is 2.35. The number of aromatic nitrogens is 1. The molecule has 0 aliphatic carbocycles. The van der Waals surface area contributed by atoms with Gasteiger partial charge in [-0.3, -0.25) is 0 Å². The number of aryl methyl sites for hydroxylation is 1. The van der Waals surface area contributed by atoms with E-state index < -0.39 is 5.97 Å². The Balaban J connectivity index is 1.77. The first-order chi connectivity index (χ1) is 15.4. The van der Waals surface area contributed by atoms with Crippen LogP contribution in [0.15, 0.2) is 23.8 Å². The number of carbonyl (C=O) groups is 1. The summed E-state index contributed by atoms with van der Waals surface area (Å²) in [5, 5.41) is 9.57. The van der Waals surface area contributed by atoms with Gasteiger partial charge in [0.1, 0.15) is 35.9 Å². The molecule has 2 heterocycles. The third-order valence-electron chi connectivity index (χ3n) is 5.51. The molecule has 0 bridgehead atoms. The van der Waals surface area contributed by atoms with Crippen LogP contribution in [-0.4, -0.2) is 37.0 Å². The van der Waals surface area contributed by atoms with E-state index >= 15 is 0 Å². The lowest BCUT2D eigenvalue weighted by atomic mass is 10.1. The van der Waals surface area contributed by atoms with E-state index in [1.54, 1.807) is 13.2 Å². The van der Waals surface area contributed by atoms with E-state index in [4.69, 9.17) is 18.9 Å². The van der Waals surface area contributed by atoms with Gasteiger partial charge in [0.25, 0.3) is 0 Å². The molecule has 0 radical (unpaired) electrons. The zero-order valence-corrected chi connectivity index (χ0v) is 19.4. The minimum absolute atomic E-state index is 0.00886. The minimum atomic E-state index is -0.675. The van der Waals surface area contributed by atoms with Gasteiger partial charge in [0.05, 0.1) is 13.2 Å². The Bertz CT molecular complexity index is 1060. The summed E-state index contributed by atoms with van der Waals surface area (Å²) >= 11 is 0. The molecule has 1 atom stereocenters. The lowest BCUT2D eigenvalue weighted by Gasteiger charge is -2.13. The van der Waals surface area contributed by atoms with Crippen LogP contribution in [0.3, 0.4) is 0 Å². The van der Waals surface area contributed by atoms with Gasteiger partial charge in [0.2, 0.25) is 0 Å². The van der Waals surface area contributed by atoms with Gasteiger partial charge in [-0.15, -0.1) is 0 Å². The van der Waals surface area contributed by atoms with E-state index in [-0.39, 0.29) is 18.3 Å². The molecule has 0 saturated carbocycles. The van der Waals surface area contributed by atoms with Crippen molar-refractivity contribution in [2.24, 2.45) is 0 Å². The standard InChI is InChI=1S/C25H30N2O5/c1-6-30-23-12-20-10-17(3)32-24(20)13-22(23)15-31-25(28)21(14-26)11-19-9-16(2)27(18(19)4)7-8-29-5/h9,11-13,17H,6-8,10,15H2,1-5H3/b21-11+. The summed E-state index contributed by atoms with van der Waals surface area (Å²) in [6.45, 7) is 9.62. The zero-order chi connectivity index (χ0) is 23.3. The van der Waals surface area contributed by atoms with Gasteiger partial charge in [0.15, 0.2) is 0 Å². The molecule has 170 valence electrons. The normalized spacial score (nSPS) is 15.1. The summed E-state index contributed by atoms with van der Waals surface area (Å²) in [6.07, 6.45) is 2.50. The topological polar surface area (TPSA) is 82.7 Å². The number of benzene rings is 1. The molecule has 1 unspecified atom stereocenters. The minimum Gasteiger partial charge on any atom is -0.493 e. The molecule has 1 aromatic heterocycles. The van der Waals surface area contributed by atoms with Crippen LogP contribution in [0.5, 0.6) is 11.5 Å². The van der Waals surface area contributed by atoms with E-state index in [0.717, 1.165) is 34.7 Å². The summed E-state index contributed by atoms with van der Waals surface area (Å²) in [4.78, 5) is 12.7. The number of ether oxygens (including phenoxy) is 4. The third kappa shape index (κ3) is 5.14. The maximum Gasteiger partial charge on any atom is 0.349 e. The zero-order valence-electron chi connectivity index (χ0n) is 19.4. The van der Waals surface area contributed by atoms with Gasteiger partial charge in [-0.1, -0.05) is 0 Å². The average molecular weight is 439 g/mol. The van der Waals surface area contributed by atoms with Crippen molar-refractivity contribution in [1.82, 2.24) is 4.57 Å². The van der Waals surface area contributed by atoms with Gasteiger partial charge in [-0.2, -0.15) is 5.26 Å². The second-order valence-corrected chi connectivity index (χ2v) is 7.85. The molecule has 3 rings (SSSR count). The Morgan fingerprint density at radius 1 is 1.34 bits per heavy atom. The molecule has 0 spiro atoms. The molecule has 7 nitrogen and oxygen atoms in total. The second kappa shape index (κ2) is 10.4. The van der Waals surface area contributed by atoms with Crippen LogP contribution in [0.2, 0.25) is 0 Å². The number of nitriles is 1. The molecule has 1 aromatic carbocycles. The maximum atomic E-state index is 12.7. The highest BCUT2D eigenvalue weighted by molar-refractivity contribution is 5.98. The van der Waals surface area contributed by atoms with Gasteiger partial charge in [0, 0.05) is 42.6 Å². The molecule has 1 aliphatic rings. The molecule has 0 saturated heterocycles. The smallest absolute Gasteiger partial charge is 0.349 e. The fourth-order valence-corrected chi connectivity index (χ4v) is 3.90. The van der Waals surface area contributed by atoms with Crippen LogP contribution >= 0.6 is 0 Å². The Morgan fingerprint density at radius 3 is 2.81 bits per heavy atom. The van der Waals surface area contributed by atoms with Crippen LogP contribution in [0.4, 0.5) is 0 Å². The monoisotopic (exact) mass is 438 g/mol. The van der Waals surface area contributed by atoms with Crippen molar-refractivity contribution in [1.29, 1.82) is 5.26 Å².